The summed E-state index contributed by atoms with van der Waals surface area (Å²) in [5, 5.41) is 0. The molecule has 0 fully saturated rings. The molecule has 0 atom stereocenters. The zero-order chi connectivity index (χ0) is 9.14. The van der Waals surface area contributed by atoms with Crippen LogP contribution in [0, 0.1) is 6.92 Å². The van der Waals surface area contributed by atoms with Crippen LogP contribution in [0.3, 0.4) is 0 Å². The van der Waals surface area contributed by atoms with Crippen LogP contribution in [0.15, 0.2) is 12.6 Å². The summed E-state index contributed by atoms with van der Waals surface area (Å²) in [4.78, 5) is 8.53. The molecule has 1 rings (SSSR count). The van der Waals surface area contributed by atoms with Gasteiger partial charge in [0.05, 0.1) is 5.69 Å². The largest absolute Gasteiger partial charge is 0.238 e. The van der Waals surface area contributed by atoms with Crippen molar-refractivity contribution in [2.75, 3.05) is 0 Å². The number of nitrogens with zero attached hydrogens (tertiary/aromatic N) is 2. The fourth-order valence-corrected chi connectivity index (χ4v) is 1.02. The van der Waals surface area contributed by atoms with Crippen LogP contribution in [-0.4, -0.2) is 9.97 Å². The molecular weight excluding hydrogens is 148 g/mol. The molecule has 1 heterocycles. The molecule has 64 valence electrons. The fraction of sp³-hybridized carbons (Fsp3) is 0.400. The highest BCUT2D eigenvalue weighted by atomic mass is 14.9. The summed E-state index contributed by atoms with van der Waals surface area (Å²) in [5.74, 6) is 1.27. The van der Waals surface area contributed by atoms with E-state index in [9.17, 15) is 0 Å². The Balaban J connectivity index is 3.14. The summed E-state index contributed by atoms with van der Waals surface area (Å²) >= 11 is 0. The van der Waals surface area contributed by atoms with Gasteiger partial charge in [-0.3, -0.25) is 0 Å². The van der Waals surface area contributed by atoms with Gasteiger partial charge in [0.15, 0.2) is 0 Å². The molecule has 1 aromatic rings. The maximum absolute atomic E-state index is 4.32. The van der Waals surface area contributed by atoms with Gasteiger partial charge in [-0.2, -0.15) is 0 Å². The van der Waals surface area contributed by atoms with Gasteiger partial charge in [-0.15, -0.1) is 0 Å². The van der Waals surface area contributed by atoms with E-state index in [1.165, 1.54) is 0 Å². The van der Waals surface area contributed by atoms with Crippen molar-refractivity contribution < 1.29 is 0 Å². The second-order valence-electron chi connectivity index (χ2n) is 3.12. The maximum Gasteiger partial charge on any atom is 0.126 e. The molecule has 0 aliphatic carbocycles. The zero-order valence-corrected chi connectivity index (χ0v) is 7.83. The molecule has 2 heteroatoms. The number of rotatable bonds is 2. The molecular formula is C10H14N2. The molecule has 0 saturated carbocycles. The molecule has 1 aromatic heterocycles. The van der Waals surface area contributed by atoms with Gasteiger partial charge in [0.25, 0.3) is 0 Å². The van der Waals surface area contributed by atoms with Gasteiger partial charge in [0, 0.05) is 5.69 Å². The van der Waals surface area contributed by atoms with E-state index in [1.807, 2.05) is 13.0 Å². The first kappa shape index (κ1) is 8.91. The van der Waals surface area contributed by atoms with Gasteiger partial charge in [-0.1, -0.05) is 20.4 Å². The molecule has 0 aliphatic heterocycles. The van der Waals surface area contributed by atoms with Gasteiger partial charge < -0.3 is 0 Å². The Kier molecular flexibility index (Phi) is 2.58. The maximum atomic E-state index is 4.32. The van der Waals surface area contributed by atoms with Crippen molar-refractivity contribution in [2.45, 2.75) is 26.7 Å². The van der Waals surface area contributed by atoms with Crippen LogP contribution in [-0.2, 0) is 0 Å². The molecule has 2 nitrogen and oxygen atoms in total. The van der Waals surface area contributed by atoms with E-state index in [2.05, 4.69) is 30.4 Å². The number of aryl methyl sites for hydroxylation is 1. The molecule has 0 aromatic carbocycles. The van der Waals surface area contributed by atoms with Crippen molar-refractivity contribution in [3.63, 3.8) is 0 Å². The van der Waals surface area contributed by atoms with E-state index in [1.54, 1.807) is 6.08 Å². The normalized spacial score (nSPS) is 10.3. The van der Waals surface area contributed by atoms with Crippen LogP contribution in [0.2, 0.25) is 0 Å². The smallest absolute Gasteiger partial charge is 0.126 e. The van der Waals surface area contributed by atoms with Crippen molar-refractivity contribution in [3.8, 4) is 0 Å². The molecule has 0 N–H and O–H groups in total. The Morgan fingerprint density at radius 3 is 2.58 bits per heavy atom. The molecule has 0 aliphatic rings. The molecule has 0 radical (unpaired) electrons. The minimum Gasteiger partial charge on any atom is -0.238 e. The minimum atomic E-state index is 0.449. The standard InChI is InChI=1S/C10H14N2/c1-5-9-6-10(7(2)3)12-8(4)11-9/h5-7H,1H2,2-4H3. The lowest BCUT2D eigenvalue weighted by atomic mass is 10.1. The first-order valence-corrected chi connectivity index (χ1v) is 4.11. The Morgan fingerprint density at radius 1 is 1.42 bits per heavy atom. The first-order chi connectivity index (χ1) is 5.63. The van der Waals surface area contributed by atoms with Gasteiger partial charge in [0.2, 0.25) is 0 Å². The number of aromatic nitrogens is 2. The lowest BCUT2D eigenvalue weighted by Crippen LogP contribution is -1.98. The summed E-state index contributed by atoms with van der Waals surface area (Å²) in [7, 11) is 0. The Bertz CT molecular complexity index is 290. The predicted molar refractivity (Wildman–Crippen MR) is 50.9 cm³/mol. The topological polar surface area (TPSA) is 25.8 Å². The van der Waals surface area contributed by atoms with Crippen LogP contribution in [0.25, 0.3) is 6.08 Å². The highest BCUT2D eigenvalue weighted by Gasteiger charge is 2.02. The summed E-state index contributed by atoms with van der Waals surface area (Å²) < 4.78 is 0. The van der Waals surface area contributed by atoms with Crippen LogP contribution >= 0.6 is 0 Å². The monoisotopic (exact) mass is 162 g/mol. The minimum absolute atomic E-state index is 0.449. The molecule has 0 bridgehead atoms. The van der Waals surface area contributed by atoms with E-state index in [0.29, 0.717) is 5.92 Å². The van der Waals surface area contributed by atoms with E-state index in [4.69, 9.17) is 0 Å². The Morgan fingerprint density at radius 2 is 2.08 bits per heavy atom. The quantitative estimate of drug-likeness (QED) is 0.667. The summed E-state index contributed by atoms with van der Waals surface area (Å²) in [6.45, 7) is 9.82. The highest BCUT2D eigenvalue weighted by molar-refractivity contribution is 5.42. The summed E-state index contributed by atoms with van der Waals surface area (Å²) in [6.07, 6.45) is 1.75. The van der Waals surface area contributed by atoms with Crippen molar-refractivity contribution >= 4 is 6.08 Å². The lowest BCUT2D eigenvalue weighted by molar-refractivity contribution is 0.800. The number of hydrogen-bond donors (Lipinski definition) is 0. The van der Waals surface area contributed by atoms with Crippen molar-refractivity contribution in [3.05, 3.63) is 29.9 Å². The summed E-state index contributed by atoms with van der Waals surface area (Å²) in [6, 6.07) is 1.98. The van der Waals surface area contributed by atoms with Gasteiger partial charge in [0.1, 0.15) is 5.82 Å². The van der Waals surface area contributed by atoms with Crippen LogP contribution in [0.4, 0.5) is 0 Å². The second kappa shape index (κ2) is 3.48. The van der Waals surface area contributed by atoms with Crippen molar-refractivity contribution in [2.24, 2.45) is 0 Å². The SMILES string of the molecule is C=Cc1cc(C(C)C)nc(C)n1. The predicted octanol–water partition coefficient (Wildman–Crippen LogP) is 2.55. The highest BCUT2D eigenvalue weighted by Crippen LogP contribution is 2.12. The Hall–Kier alpha value is -1.18. The van der Waals surface area contributed by atoms with Crippen LogP contribution in [0.1, 0.15) is 37.0 Å². The average Bonchev–Trinajstić information content (AvgIpc) is 2.03. The summed E-state index contributed by atoms with van der Waals surface area (Å²) in [5.41, 5.74) is 1.99. The first-order valence-electron chi connectivity index (χ1n) is 4.11. The molecule has 0 amide bonds. The Labute approximate surface area is 73.4 Å². The second-order valence-corrected chi connectivity index (χ2v) is 3.12. The molecule has 0 saturated heterocycles. The van der Waals surface area contributed by atoms with Gasteiger partial charge >= 0.3 is 0 Å². The average molecular weight is 162 g/mol. The third-order valence-corrected chi connectivity index (χ3v) is 1.68. The van der Waals surface area contributed by atoms with E-state index < -0.39 is 0 Å². The van der Waals surface area contributed by atoms with Crippen LogP contribution in [0.5, 0.6) is 0 Å². The fourth-order valence-electron chi connectivity index (χ4n) is 1.02. The van der Waals surface area contributed by atoms with Gasteiger partial charge in [-0.05, 0) is 25.0 Å². The lowest BCUT2D eigenvalue weighted by Gasteiger charge is -2.05. The zero-order valence-electron chi connectivity index (χ0n) is 7.83. The third-order valence-electron chi connectivity index (χ3n) is 1.68. The van der Waals surface area contributed by atoms with Crippen molar-refractivity contribution in [1.82, 2.24) is 9.97 Å². The van der Waals surface area contributed by atoms with E-state index >= 15 is 0 Å². The third kappa shape index (κ3) is 1.91. The van der Waals surface area contributed by atoms with Crippen molar-refractivity contribution in [1.29, 1.82) is 0 Å². The molecule has 0 spiro atoms. The molecule has 12 heavy (non-hydrogen) atoms. The molecule has 0 unspecified atom stereocenters. The van der Waals surface area contributed by atoms with E-state index in [0.717, 1.165) is 17.2 Å². The number of hydrogen-bond acceptors (Lipinski definition) is 2. The van der Waals surface area contributed by atoms with Gasteiger partial charge in [-0.25, -0.2) is 9.97 Å². The van der Waals surface area contributed by atoms with Crippen LogP contribution < -0.4 is 0 Å². The van der Waals surface area contributed by atoms with E-state index in [-0.39, 0.29) is 0 Å².